The average molecular weight is 362 g/mol. The Labute approximate surface area is 158 Å². The fourth-order valence-electron chi connectivity index (χ4n) is 4.49. The number of fused-ring (bicyclic) bond motifs is 1. The van der Waals surface area contributed by atoms with E-state index < -0.39 is 23.3 Å². The summed E-state index contributed by atoms with van der Waals surface area (Å²) in [5.41, 5.74) is 2.93. The van der Waals surface area contributed by atoms with E-state index in [1.54, 1.807) is 0 Å². The first-order chi connectivity index (χ1) is 12.9. The number of carbonyl (C=O) groups excluding carboxylic acids is 3. The van der Waals surface area contributed by atoms with E-state index in [4.69, 9.17) is 0 Å². The predicted molar refractivity (Wildman–Crippen MR) is 101 cm³/mol. The summed E-state index contributed by atoms with van der Waals surface area (Å²) in [6, 6.07) is 15.3. The number of benzene rings is 2. The average Bonchev–Trinajstić information content (AvgIpc) is 2.69. The molecule has 4 amide bonds. The molecule has 0 N–H and O–H groups in total. The lowest BCUT2D eigenvalue weighted by Gasteiger charge is -2.48. The molecule has 138 valence electrons. The lowest BCUT2D eigenvalue weighted by Crippen LogP contribution is -2.66. The molecule has 4 rings (SSSR count). The molecule has 2 aromatic carbocycles. The van der Waals surface area contributed by atoms with Crippen LogP contribution >= 0.6 is 0 Å². The van der Waals surface area contributed by atoms with Crippen LogP contribution in [0.2, 0.25) is 0 Å². The maximum absolute atomic E-state index is 13.4. The zero-order chi connectivity index (χ0) is 19.3. The number of hydrogen-bond donors (Lipinski definition) is 0. The van der Waals surface area contributed by atoms with Crippen LogP contribution in [0.1, 0.15) is 28.2 Å². The normalized spacial score (nSPS) is 21.6. The first-order valence-corrected chi connectivity index (χ1v) is 9.10. The summed E-state index contributed by atoms with van der Waals surface area (Å²) < 4.78 is 0. The Hall–Kier alpha value is -2.95. The van der Waals surface area contributed by atoms with E-state index in [0.29, 0.717) is 12.8 Å². The zero-order valence-electron chi connectivity index (χ0n) is 15.7. The summed E-state index contributed by atoms with van der Waals surface area (Å²) >= 11 is 0. The SMILES string of the molecule is Cc1ccc(C2Cc3ccccc3CC23C(=O)N(C)C(=O)N(C)C3=O)cc1. The molecule has 1 aliphatic heterocycles. The molecule has 1 saturated heterocycles. The molecule has 2 aromatic rings. The molecule has 0 radical (unpaired) electrons. The van der Waals surface area contributed by atoms with E-state index in [1.165, 1.54) is 14.1 Å². The largest absolute Gasteiger partial charge is 0.332 e. The van der Waals surface area contributed by atoms with Gasteiger partial charge in [0.25, 0.3) is 0 Å². The van der Waals surface area contributed by atoms with Crippen LogP contribution in [0.25, 0.3) is 0 Å². The third kappa shape index (κ3) is 2.41. The molecule has 0 saturated carbocycles. The third-order valence-electron chi connectivity index (χ3n) is 6.03. The summed E-state index contributed by atoms with van der Waals surface area (Å²) in [5.74, 6) is -1.13. The molecule has 5 nitrogen and oxygen atoms in total. The van der Waals surface area contributed by atoms with E-state index in [2.05, 4.69) is 6.07 Å². The van der Waals surface area contributed by atoms with Crippen molar-refractivity contribution in [3.63, 3.8) is 0 Å². The second kappa shape index (κ2) is 6.05. The Balaban J connectivity index is 1.94. The van der Waals surface area contributed by atoms with Gasteiger partial charge in [-0.3, -0.25) is 19.4 Å². The molecule has 0 bridgehead atoms. The Bertz CT molecular complexity index is 924. The molecular weight excluding hydrogens is 340 g/mol. The van der Waals surface area contributed by atoms with Gasteiger partial charge in [0.2, 0.25) is 11.8 Å². The lowest BCUT2D eigenvalue weighted by molar-refractivity contribution is -0.159. The number of rotatable bonds is 1. The van der Waals surface area contributed by atoms with Crippen molar-refractivity contribution in [1.29, 1.82) is 0 Å². The van der Waals surface area contributed by atoms with Crippen molar-refractivity contribution < 1.29 is 14.4 Å². The van der Waals surface area contributed by atoms with Crippen molar-refractivity contribution in [2.45, 2.75) is 25.7 Å². The smallest absolute Gasteiger partial charge is 0.273 e. The molecule has 1 atom stereocenters. The monoisotopic (exact) mass is 362 g/mol. The van der Waals surface area contributed by atoms with Crippen LogP contribution in [0.5, 0.6) is 0 Å². The van der Waals surface area contributed by atoms with Crippen LogP contribution < -0.4 is 0 Å². The Morgan fingerprint density at radius 2 is 1.41 bits per heavy atom. The van der Waals surface area contributed by atoms with Crippen LogP contribution in [0.15, 0.2) is 48.5 Å². The van der Waals surface area contributed by atoms with Crippen molar-refractivity contribution in [3.05, 3.63) is 70.8 Å². The molecule has 0 aromatic heterocycles. The topological polar surface area (TPSA) is 57.7 Å². The van der Waals surface area contributed by atoms with Crippen LogP contribution in [-0.2, 0) is 22.4 Å². The highest BCUT2D eigenvalue weighted by Gasteiger charge is 2.61. The van der Waals surface area contributed by atoms with E-state index in [9.17, 15) is 14.4 Å². The highest BCUT2D eigenvalue weighted by molar-refractivity contribution is 6.19. The first kappa shape index (κ1) is 17.5. The summed E-state index contributed by atoms with van der Waals surface area (Å²) in [4.78, 5) is 41.3. The van der Waals surface area contributed by atoms with E-state index in [-0.39, 0.29) is 5.92 Å². The maximum Gasteiger partial charge on any atom is 0.332 e. The minimum Gasteiger partial charge on any atom is -0.273 e. The third-order valence-corrected chi connectivity index (χ3v) is 6.03. The number of imide groups is 2. The van der Waals surface area contributed by atoms with Crippen LogP contribution in [0, 0.1) is 12.3 Å². The molecule has 5 heteroatoms. The van der Waals surface area contributed by atoms with Crippen molar-refractivity contribution >= 4 is 17.8 Å². The molecule has 1 aliphatic carbocycles. The fraction of sp³-hybridized carbons (Fsp3) is 0.318. The number of amides is 4. The second-order valence-electron chi connectivity index (χ2n) is 7.60. The van der Waals surface area contributed by atoms with Crippen molar-refractivity contribution in [3.8, 4) is 0 Å². The van der Waals surface area contributed by atoms with Gasteiger partial charge in [-0.1, -0.05) is 54.1 Å². The van der Waals surface area contributed by atoms with E-state index in [0.717, 1.165) is 32.1 Å². The summed E-state index contributed by atoms with van der Waals surface area (Å²) in [6.45, 7) is 2.01. The molecule has 1 heterocycles. The van der Waals surface area contributed by atoms with Gasteiger partial charge in [-0.25, -0.2) is 4.79 Å². The van der Waals surface area contributed by atoms with Gasteiger partial charge in [-0.2, -0.15) is 0 Å². The van der Waals surface area contributed by atoms with Gasteiger partial charge in [-0.15, -0.1) is 0 Å². The summed E-state index contributed by atoms with van der Waals surface area (Å²) in [6.07, 6.45) is 0.897. The van der Waals surface area contributed by atoms with E-state index >= 15 is 0 Å². The maximum atomic E-state index is 13.4. The zero-order valence-corrected chi connectivity index (χ0v) is 15.7. The Morgan fingerprint density at radius 3 is 2.00 bits per heavy atom. The summed E-state index contributed by atoms with van der Waals surface area (Å²) in [7, 11) is 2.92. The number of nitrogens with zero attached hydrogens (tertiary/aromatic N) is 2. The first-order valence-electron chi connectivity index (χ1n) is 9.10. The van der Waals surface area contributed by atoms with Crippen LogP contribution in [0.3, 0.4) is 0 Å². The minimum absolute atomic E-state index is 0.307. The lowest BCUT2D eigenvalue weighted by atomic mass is 9.60. The van der Waals surface area contributed by atoms with Crippen LogP contribution in [-0.4, -0.2) is 41.7 Å². The molecular formula is C22H22N2O3. The van der Waals surface area contributed by atoms with Gasteiger partial charge in [0, 0.05) is 20.0 Å². The number of urea groups is 1. The molecule has 2 aliphatic rings. The number of barbiturate groups is 1. The number of carbonyl (C=O) groups is 3. The van der Waals surface area contributed by atoms with Crippen molar-refractivity contribution in [2.24, 2.45) is 5.41 Å². The van der Waals surface area contributed by atoms with E-state index in [1.807, 2.05) is 49.4 Å². The molecule has 1 unspecified atom stereocenters. The van der Waals surface area contributed by atoms with Gasteiger partial charge in [0.05, 0.1) is 0 Å². The van der Waals surface area contributed by atoms with Gasteiger partial charge >= 0.3 is 6.03 Å². The number of aryl methyl sites for hydroxylation is 1. The van der Waals surface area contributed by atoms with Crippen molar-refractivity contribution in [1.82, 2.24) is 9.80 Å². The van der Waals surface area contributed by atoms with Gasteiger partial charge in [0.1, 0.15) is 5.41 Å². The van der Waals surface area contributed by atoms with Gasteiger partial charge in [0.15, 0.2) is 0 Å². The quantitative estimate of drug-likeness (QED) is 0.733. The second-order valence-corrected chi connectivity index (χ2v) is 7.60. The minimum atomic E-state index is -1.29. The van der Waals surface area contributed by atoms with Gasteiger partial charge < -0.3 is 0 Å². The molecule has 1 fully saturated rings. The van der Waals surface area contributed by atoms with Crippen molar-refractivity contribution in [2.75, 3.05) is 14.1 Å². The molecule has 27 heavy (non-hydrogen) atoms. The molecule has 1 spiro atoms. The standard InChI is InChI=1S/C22H22N2O3/c1-14-8-10-15(11-9-14)18-12-16-6-4-5-7-17(16)13-22(18)19(25)23(2)21(27)24(3)20(22)26/h4-11,18H,12-13H2,1-3H3. The van der Waals surface area contributed by atoms with Crippen LogP contribution in [0.4, 0.5) is 4.79 Å². The number of hydrogen-bond acceptors (Lipinski definition) is 3. The van der Waals surface area contributed by atoms with Gasteiger partial charge in [-0.05, 0) is 36.5 Å². The Kier molecular flexibility index (Phi) is 3.91. The predicted octanol–water partition coefficient (Wildman–Crippen LogP) is 2.91. The fourth-order valence-corrected chi connectivity index (χ4v) is 4.49. The Morgan fingerprint density at radius 1 is 0.852 bits per heavy atom. The highest BCUT2D eigenvalue weighted by Crippen LogP contribution is 2.49. The highest BCUT2D eigenvalue weighted by atomic mass is 16.2. The summed E-state index contributed by atoms with van der Waals surface area (Å²) in [5, 5.41) is 0.